The highest BCUT2D eigenvalue weighted by Crippen LogP contribution is 2.19. The molecule has 1 aromatic carbocycles. The molecule has 0 atom stereocenters. The Balaban J connectivity index is 2.13. The molecule has 0 spiro atoms. The van der Waals surface area contributed by atoms with Crippen LogP contribution in [-0.4, -0.2) is 18.1 Å². The number of anilines is 2. The molecule has 0 saturated carbocycles. The molecule has 0 unspecified atom stereocenters. The van der Waals surface area contributed by atoms with Gasteiger partial charge in [0.25, 0.3) is 0 Å². The average molecular weight is 307 g/mol. The van der Waals surface area contributed by atoms with Gasteiger partial charge < -0.3 is 10.1 Å². The third-order valence-corrected chi connectivity index (χ3v) is 2.75. The Hall–Kier alpha value is -1.88. The molecule has 0 aliphatic rings. The van der Waals surface area contributed by atoms with Crippen molar-refractivity contribution in [1.82, 2.24) is 4.98 Å². The van der Waals surface area contributed by atoms with E-state index in [1.54, 1.807) is 18.3 Å². The Labute approximate surface area is 113 Å². The zero-order chi connectivity index (χ0) is 13.0. The number of benzene rings is 1. The Morgan fingerprint density at radius 3 is 2.56 bits per heavy atom. The van der Waals surface area contributed by atoms with E-state index in [4.69, 9.17) is 0 Å². The first-order valence-electron chi connectivity index (χ1n) is 5.26. The highest BCUT2D eigenvalue weighted by atomic mass is 79.9. The number of ether oxygens (including phenoxy) is 1. The van der Waals surface area contributed by atoms with E-state index in [-0.39, 0.29) is 5.97 Å². The number of halogens is 1. The maximum atomic E-state index is 11.3. The predicted molar refractivity (Wildman–Crippen MR) is 73.0 cm³/mol. The van der Waals surface area contributed by atoms with Crippen LogP contribution in [0.2, 0.25) is 0 Å². The maximum absolute atomic E-state index is 11.3. The molecule has 1 aromatic heterocycles. The maximum Gasteiger partial charge on any atom is 0.337 e. The Morgan fingerprint density at radius 2 is 1.94 bits per heavy atom. The fourth-order valence-corrected chi connectivity index (χ4v) is 1.82. The second-order valence-electron chi connectivity index (χ2n) is 3.56. The molecule has 0 radical (unpaired) electrons. The van der Waals surface area contributed by atoms with E-state index in [0.29, 0.717) is 5.56 Å². The summed E-state index contributed by atoms with van der Waals surface area (Å²) in [4.78, 5) is 15.3. The van der Waals surface area contributed by atoms with E-state index < -0.39 is 0 Å². The SMILES string of the molecule is COC(=O)c1ccc(Nc2ccnc(Br)c2)cc1. The number of hydrogen-bond acceptors (Lipinski definition) is 4. The van der Waals surface area contributed by atoms with Gasteiger partial charge in [-0.15, -0.1) is 0 Å². The quantitative estimate of drug-likeness (QED) is 0.698. The molecule has 1 N–H and O–H groups in total. The second kappa shape index (κ2) is 5.64. The first kappa shape index (κ1) is 12.6. The van der Waals surface area contributed by atoms with Gasteiger partial charge in [0.15, 0.2) is 0 Å². The van der Waals surface area contributed by atoms with Gasteiger partial charge in [0, 0.05) is 17.6 Å². The molecular weight excluding hydrogens is 296 g/mol. The summed E-state index contributed by atoms with van der Waals surface area (Å²) in [6.07, 6.45) is 1.70. The number of methoxy groups -OCH3 is 1. The van der Waals surface area contributed by atoms with Crippen LogP contribution in [0.25, 0.3) is 0 Å². The van der Waals surface area contributed by atoms with Gasteiger partial charge in [-0.1, -0.05) is 0 Å². The number of hydrogen-bond donors (Lipinski definition) is 1. The molecule has 0 bridgehead atoms. The van der Waals surface area contributed by atoms with Crippen molar-refractivity contribution < 1.29 is 9.53 Å². The van der Waals surface area contributed by atoms with Gasteiger partial charge in [-0.25, -0.2) is 9.78 Å². The summed E-state index contributed by atoms with van der Waals surface area (Å²) < 4.78 is 5.40. The van der Waals surface area contributed by atoms with Crippen molar-refractivity contribution in [2.75, 3.05) is 12.4 Å². The molecule has 5 heteroatoms. The Kier molecular flexibility index (Phi) is 3.94. The summed E-state index contributed by atoms with van der Waals surface area (Å²) in [5, 5.41) is 3.21. The molecular formula is C13H11BrN2O2. The molecule has 4 nitrogen and oxygen atoms in total. The van der Waals surface area contributed by atoms with Crippen LogP contribution in [0.15, 0.2) is 47.2 Å². The third kappa shape index (κ3) is 3.07. The Bertz CT molecular complexity index is 555. The first-order chi connectivity index (χ1) is 8.69. The molecule has 0 amide bonds. The van der Waals surface area contributed by atoms with Crippen LogP contribution < -0.4 is 5.32 Å². The number of carbonyl (C=O) groups is 1. The number of pyridine rings is 1. The molecule has 0 aliphatic heterocycles. The van der Waals surface area contributed by atoms with Gasteiger partial charge in [-0.3, -0.25) is 0 Å². The number of rotatable bonds is 3. The van der Waals surface area contributed by atoms with Gasteiger partial charge in [-0.2, -0.15) is 0 Å². The van der Waals surface area contributed by atoms with Gasteiger partial charge in [-0.05, 0) is 52.3 Å². The highest BCUT2D eigenvalue weighted by Gasteiger charge is 2.04. The zero-order valence-electron chi connectivity index (χ0n) is 9.68. The zero-order valence-corrected chi connectivity index (χ0v) is 11.3. The van der Waals surface area contributed by atoms with Gasteiger partial charge >= 0.3 is 5.97 Å². The van der Waals surface area contributed by atoms with Crippen LogP contribution in [0.3, 0.4) is 0 Å². The van der Waals surface area contributed by atoms with Crippen LogP contribution in [-0.2, 0) is 4.74 Å². The van der Waals surface area contributed by atoms with Gasteiger partial charge in [0.05, 0.1) is 12.7 Å². The lowest BCUT2D eigenvalue weighted by Gasteiger charge is -2.07. The minimum Gasteiger partial charge on any atom is -0.465 e. The summed E-state index contributed by atoms with van der Waals surface area (Å²) in [5.74, 6) is -0.340. The van der Waals surface area contributed by atoms with Crippen molar-refractivity contribution in [3.05, 3.63) is 52.8 Å². The van der Waals surface area contributed by atoms with Crippen molar-refractivity contribution >= 4 is 33.3 Å². The molecule has 0 fully saturated rings. The van der Waals surface area contributed by atoms with Crippen LogP contribution in [0.1, 0.15) is 10.4 Å². The van der Waals surface area contributed by atoms with Crippen LogP contribution >= 0.6 is 15.9 Å². The van der Waals surface area contributed by atoms with Crippen molar-refractivity contribution in [1.29, 1.82) is 0 Å². The van der Waals surface area contributed by atoms with E-state index in [0.717, 1.165) is 16.0 Å². The monoisotopic (exact) mass is 306 g/mol. The number of nitrogens with zero attached hydrogens (tertiary/aromatic N) is 1. The standard InChI is InChI=1S/C13H11BrN2O2/c1-18-13(17)9-2-4-10(5-3-9)16-11-6-7-15-12(14)8-11/h2-8H,1H3,(H,15,16). The molecule has 2 aromatic rings. The lowest BCUT2D eigenvalue weighted by Crippen LogP contribution is -2.00. The molecule has 92 valence electrons. The normalized spacial score (nSPS) is 9.89. The van der Waals surface area contributed by atoms with Crippen LogP contribution in [0.4, 0.5) is 11.4 Å². The first-order valence-corrected chi connectivity index (χ1v) is 6.05. The lowest BCUT2D eigenvalue weighted by molar-refractivity contribution is 0.0601. The fraction of sp³-hybridized carbons (Fsp3) is 0.0769. The van der Waals surface area contributed by atoms with Crippen molar-refractivity contribution in [2.24, 2.45) is 0 Å². The van der Waals surface area contributed by atoms with Crippen LogP contribution in [0.5, 0.6) is 0 Å². The number of esters is 1. The highest BCUT2D eigenvalue weighted by molar-refractivity contribution is 9.10. The summed E-state index contributed by atoms with van der Waals surface area (Å²) in [7, 11) is 1.36. The summed E-state index contributed by atoms with van der Waals surface area (Å²) in [6, 6.07) is 10.8. The predicted octanol–water partition coefficient (Wildman–Crippen LogP) is 3.37. The van der Waals surface area contributed by atoms with Gasteiger partial charge in [0.2, 0.25) is 0 Å². The third-order valence-electron chi connectivity index (χ3n) is 2.32. The van der Waals surface area contributed by atoms with E-state index in [1.165, 1.54) is 7.11 Å². The number of nitrogens with one attached hydrogen (secondary N) is 1. The van der Waals surface area contributed by atoms with E-state index in [9.17, 15) is 4.79 Å². The Morgan fingerprint density at radius 1 is 1.22 bits per heavy atom. The molecule has 0 aliphatic carbocycles. The van der Waals surface area contributed by atoms with Crippen molar-refractivity contribution in [3.8, 4) is 0 Å². The van der Waals surface area contributed by atoms with Crippen molar-refractivity contribution in [3.63, 3.8) is 0 Å². The van der Waals surface area contributed by atoms with E-state index >= 15 is 0 Å². The largest absolute Gasteiger partial charge is 0.465 e. The number of aromatic nitrogens is 1. The average Bonchev–Trinajstić information content (AvgIpc) is 2.39. The second-order valence-corrected chi connectivity index (χ2v) is 4.37. The minimum atomic E-state index is -0.340. The molecule has 0 saturated heterocycles. The topological polar surface area (TPSA) is 51.2 Å². The van der Waals surface area contributed by atoms with Crippen molar-refractivity contribution in [2.45, 2.75) is 0 Å². The van der Waals surface area contributed by atoms with E-state index in [1.807, 2.05) is 24.3 Å². The lowest BCUT2D eigenvalue weighted by atomic mass is 10.2. The van der Waals surface area contributed by atoms with Gasteiger partial charge in [0.1, 0.15) is 4.60 Å². The summed E-state index contributed by atoms with van der Waals surface area (Å²) >= 11 is 3.30. The summed E-state index contributed by atoms with van der Waals surface area (Å²) in [5.41, 5.74) is 2.34. The molecule has 2 rings (SSSR count). The summed E-state index contributed by atoms with van der Waals surface area (Å²) in [6.45, 7) is 0. The minimum absolute atomic E-state index is 0.340. The molecule has 18 heavy (non-hydrogen) atoms. The molecule has 1 heterocycles. The van der Waals surface area contributed by atoms with E-state index in [2.05, 4.69) is 31.0 Å². The van der Waals surface area contributed by atoms with Crippen LogP contribution in [0, 0.1) is 0 Å². The fourth-order valence-electron chi connectivity index (χ4n) is 1.45. The smallest absolute Gasteiger partial charge is 0.337 e. The number of carbonyl (C=O) groups excluding carboxylic acids is 1.